The number of hydrogen-bond donors (Lipinski definition) is 1. The first-order valence-corrected chi connectivity index (χ1v) is 7.57. The first-order valence-electron chi connectivity index (χ1n) is 5.58. The predicted octanol–water partition coefficient (Wildman–Crippen LogP) is 2.51. The third-order valence-corrected chi connectivity index (χ3v) is 4.85. The van der Waals surface area contributed by atoms with E-state index < -0.39 is 11.8 Å². The number of rotatable bonds is 3. The van der Waals surface area contributed by atoms with Crippen LogP contribution in [0.4, 0.5) is 5.69 Å². The van der Waals surface area contributed by atoms with E-state index in [0.717, 1.165) is 11.8 Å². The summed E-state index contributed by atoms with van der Waals surface area (Å²) < 4.78 is 0.666. The van der Waals surface area contributed by atoms with Crippen LogP contribution in [0.25, 0.3) is 0 Å². The highest BCUT2D eigenvalue weighted by atomic mass is 79.9. The number of carbonyl (C=O) groups excluding carboxylic acids is 2. The van der Waals surface area contributed by atoms with E-state index >= 15 is 0 Å². The Hall–Kier alpha value is -1.23. The predicted molar refractivity (Wildman–Crippen MR) is 80.3 cm³/mol. The molecule has 1 aromatic carbocycles. The van der Waals surface area contributed by atoms with Crippen molar-refractivity contribution in [3.63, 3.8) is 0 Å². The van der Waals surface area contributed by atoms with Crippen LogP contribution in [0, 0.1) is 16.6 Å². The molecule has 0 aliphatic carbocycles. The fourth-order valence-electron chi connectivity index (χ4n) is 1.98. The number of amides is 2. The lowest BCUT2D eigenvalue weighted by atomic mass is 10.1. The number of nitriles is 1. The highest BCUT2D eigenvalue weighted by Gasteiger charge is 2.35. The van der Waals surface area contributed by atoms with Gasteiger partial charge in [0, 0.05) is 22.3 Å². The molecule has 2 N–H and O–H groups in total. The number of nitrogens with zero attached hydrogens (tertiary/aromatic N) is 2. The molecule has 1 fully saturated rings. The molecule has 1 aliphatic rings. The van der Waals surface area contributed by atoms with Crippen LogP contribution < -0.4 is 10.6 Å². The first-order chi connectivity index (χ1) is 9.43. The molecule has 1 heterocycles. The Labute approximate surface area is 133 Å². The van der Waals surface area contributed by atoms with Crippen LogP contribution in [0.1, 0.15) is 6.42 Å². The summed E-state index contributed by atoms with van der Waals surface area (Å²) in [6.45, 7) is 0.227. The van der Waals surface area contributed by atoms with Crippen molar-refractivity contribution in [2.45, 2.75) is 11.3 Å². The van der Waals surface area contributed by atoms with Crippen molar-refractivity contribution in [2.24, 2.45) is 11.7 Å². The zero-order valence-corrected chi connectivity index (χ0v) is 13.3. The second-order valence-corrected chi connectivity index (χ2v) is 6.32. The number of carbonyl (C=O) groups is 2. The molecule has 8 heteroatoms. The van der Waals surface area contributed by atoms with E-state index in [-0.39, 0.29) is 18.9 Å². The average molecular weight is 375 g/mol. The summed E-state index contributed by atoms with van der Waals surface area (Å²) in [6, 6.07) is 3.28. The molecule has 2 amide bonds. The molecule has 104 valence electrons. The second kappa shape index (κ2) is 6.04. The van der Waals surface area contributed by atoms with Crippen LogP contribution >= 0.6 is 39.3 Å². The molecule has 1 aromatic rings. The topological polar surface area (TPSA) is 87.2 Å². The Morgan fingerprint density at radius 3 is 2.85 bits per heavy atom. The van der Waals surface area contributed by atoms with E-state index in [2.05, 4.69) is 15.9 Å². The molecule has 1 aliphatic heterocycles. The van der Waals surface area contributed by atoms with Gasteiger partial charge in [-0.1, -0.05) is 11.6 Å². The van der Waals surface area contributed by atoms with Gasteiger partial charge in [-0.25, -0.2) is 0 Å². The smallest absolute Gasteiger partial charge is 0.227 e. The molecule has 0 spiro atoms. The quantitative estimate of drug-likeness (QED) is 0.650. The maximum absolute atomic E-state index is 12.0. The van der Waals surface area contributed by atoms with Crippen molar-refractivity contribution in [3.05, 3.63) is 21.6 Å². The summed E-state index contributed by atoms with van der Waals surface area (Å²) in [6.07, 6.45) is 0.0952. The molecule has 1 unspecified atom stereocenters. The van der Waals surface area contributed by atoms with Gasteiger partial charge in [0.15, 0.2) is 0 Å². The highest BCUT2D eigenvalue weighted by molar-refractivity contribution is 9.10. The minimum Gasteiger partial charge on any atom is -0.369 e. The second-order valence-electron chi connectivity index (χ2n) is 4.24. The van der Waals surface area contributed by atoms with Gasteiger partial charge in [-0.15, -0.1) is 0 Å². The van der Waals surface area contributed by atoms with Crippen LogP contribution in [-0.4, -0.2) is 18.4 Å². The van der Waals surface area contributed by atoms with Crippen LogP contribution in [0.2, 0.25) is 5.02 Å². The third-order valence-electron chi connectivity index (χ3n) is 2.98. The average Bonchev–Trinajstić information content (AvgIpc) is 2.76. The number of thioether (sulfide) groups is 1. The number of primary amides is 1. The Balaban J connectivity index is 2.35. The summed E-state index contributed by atoms with van der Waals surface area (Å²) in [5.74, 6) is -1.18. The highest BCUT2D eigenvalue weighted by Crippen LogP contribution is 2.38. The fraction of sp³-hybridized carbons (Fsp3) is 0.250. The van der Waals surface area contributed by atoms with Crippen molar-refractivity contribution < 1.29 is 9.59 Å². The molecule has 0 radical (unpaired) electrons. The number of benzene rings is 1. The lowest BCUT2D eigenvalue weighted by Crippen LogP contribution is -2.28. The largest absolute Gasteiger partial charge is 0.369 e. The molecule has 20 heavy (non-hydrogen) atoms. The molecule has 1 saturated heterocycles. The van der Waals surface area contributed by atoms with Crippen LogP contribution in [0.5, 0.6) is 0 Å². The number of thiocyanates is 1. The molecule has 0 saturated carbocycles. The SMILES string of the molecule is N#CSc1cc(Cl)c(N2CC(C(N)=O)CC2=O)cc1Br. The normalized spacial score (nSPS) is 18.1. The zero-order chi connectivity index (χ0) is 14.9. The molecular formula is C12H9BrClN3O2S. The summed E-state index contributed by atoms with van der Waals surface area (Å²) in [5, 5.41) is 11.0. The number of anilines is 1. The Morgan fingerprint density at radius 1 is 1.60 bits per heavy atom. The van der Waals surface area contributed by atoms with Gasteiger partial charge in [-0.2, -0.15) is 5.26 Å². The van der Waals surface area contributed by atoms with Gasteiger partial charge in [0.1, 0.15) is 5.40 Å². The minimum atomic E-state index is -0.495. The number of hydrogen-bond acceptors (Lipinski definition) is 4. The fourth-order valence-corrected chi connectivity index (χ4v) is 3.32. The van der Waals surface area contributed by atoms with E-state index in [1.54, 1.807) is 12.1 Å². The number of nitrogens with two attached hydrogens (primary N) is 1. The van der Waals surface area contributed by atoms with Gasteiger partial charge in [0.05, 0.1) is 16.6 Å². The molecule has 1 atom stereocenters. The molecule has 5 nitrogen and oxygen atoms in total. The molecule has 2 rings (SSSR count). The van der Waals surface area contributed by atoms with Crippen LogP contribution in [0.3, 0.4) is 0 Å². The van der Waals surface area contributed by atoms with Gasteiger partial charge >= 0.3 is 0 Å². The van der Waals surface area contributed by atoms with E-state index in [1.807, 2.05) is 5.40 Å². The van der Waals surface area contributed by atoms with Crippen molar-refractivity contribution in [2.75, 3.05) is 11.4 Å². The maximum atomic E-state index is 12.0. The number of halogens is 2. The van der Waals surface area contributed by atoms with Gasteiger partial charge in [0.2, 0.25) is 11.8 Å². The van der Waals surface area contributed by atoms with Gasteiger partial charge in [-0.05, 0) is 39.8 Å². The van der Waals surface area contributed by atoms with Gasteiger partial charge in [0.25, 0.3) is 0 Å². The van der Waals surface area contributed by atoms with E-state index in [1.165, 1.54) is 4.90 Å². The van der Waals surface area contributed by atoms with Crippen molar-refractivity contribution >= 4 is 56.8 Å². The summed E-state index contributed by atoms with van der Waals surface area (Å²) in [4.78, 5) is 25.2. The minimum absolute atomic E-state index is 0.0952. The zero-order valence-electron chi connectivity index (χ0n) is 10.1. The lowest BCUT2D eigenvalue weighted by Gasteiger charge is -2.19. The Kier molecular flexibility index (Phi) is 4.58. The van der Waals surface area contributed by atoms with Crippen LogP contribution in [-0.2, 0) is 9.59 Å². The van der Waals surface area contributed by atoms with Crippen LogP contribution in [0.15, 0.2) is 21.5 Å². The van der Waals surface area contributed by atoms with Gasteiger partial charge in [-0.3, -0.25) is 9.59 Å². The summed E-state index contributed by atoms with van der Waals surface area (Å²) in [7, 11) is 0. The lowest BCUT2D eigenvalue weighted by molar-refractivity contribution is -0.123. The Bertz CT molecular complexity index is 632. The monoisotopic (exact) mass is 373 g/mol. The maximum Gasteiger partial charge on any atom is 0.227 e. The third kappa shape index (κ3) is 2.92. The van der Waals surface area contributed by atoms with E-state index in [0.29, 0.717) is 20.1 Å². The van der Waals surface area contributed by atoms with E-state index in [9.17, 15) is 9.59 Å². The standard InChI is InChI=1S/C12H9BrClN3O2S/c13-7-2-9(8(14)3-10(7)20-5-15)17-4-6(12(16)19)1-11(17)18/h2-3,6H,1,4H2,(H2,16,19). The Morgan fingerprint density at radius 2 is 2.30 bits per heavy atom. The summed E-state index contributed by atoms with van der Waals surface area (Å²) >= 11 is 10.5. The van der Waals surface area contributed by atoms with Crippen molar-refractivity contribution in [1.29, 1.82) is 5.26 Å². The molecular weight excluding hydrogens is 366 g/mol. The summed E-state index contributed by atoms with van der Waals surface area (Å²) in [5.41, 5.74) is 5.74. The van der Waals surface area contributed by atoms with Gasteiger partial charge < -0.3 is 10.6 Å². The van der Waals surface area contributed by atoms with E-state index in [4.69, 9.17) is 22.6 Å². The van der Waals surface area contributed by atoms with Crippen molar-refractivity contribution in [1.82, 2.24) is 0 Å². The first kappa shape index (κ1) is 15.2. The molecule has 0 aromatic heterocycles. The molecule has 0 bridgehead atoms. The van der Waals surface area contributed by atoms with Crippen molar-refractivity contribution in [3.8, 4) is 5.40 Å².